The van der Waals surface area contributed by atoms with Crippen LogP contribution in [0.3, 0.4) is 0 Å². The van der Waals surface area contributed by atoms with Crippen LogP contribution in [0.5, 0.6) is 0 Å². The van der Waals surface area contributed by atoms with Gasteiger partial charge in [-0.25, -0.2) is 4.79 Å². The van der Waals surface area contributed by atoms with E-state index < -0.39 is 6.16 Å². The molecular formula is C33H47ClO5. The van der Waals surface area contributed by atoms with Gasteiger partial charge in [0, 0.05) is 6.42 Å². The number of fused-ring (bicyclic) bond motifs is 5. The zero-order chi connectivity index (χ0) is 27.6. The van der Waals surface area contributed by atoms with E-state index in [9.17, 15) is 9.59 Å². The molecule has 6 heteroatoms. The number of halogens is 1. The lowest BCUT2D eigenvalue weighted by Crippen LogP contribution is -2.54. The molecule has 5 nitrogen and oxygen atoms in total. The van der Waals surface area contributed by atoms with Gasteiger partial charge in [0.15, 0.2) is 6.07 Å². The number of carbonyl (C=O) groups is 2. The Kier molecular flexibility index (Phi) is 8.86. The molecule has 4 aliphatic rings. The van der Waals surface area contributed by atoms with Crippen LogP contribution in [0, 0.1) is 46.3 Å². The minimum absolute atomic E-state index is 0.0414. The Balaban J connectivity index is 1.16. The monoisotopic (exact) mass is 558 g/mol. The molecule has 0 radical (unpaired) electrons. The highest BCUT2D eigenvalue weighted by Gasteiger charge is 2.60. The maximum atomic E-state index is 12.5. The van der Waals surface area contributed by atoms with Crippen molar-refractivity contribution in [2.24, 2.45) is 46.3 Å². The van der Waals surface area contributed by atoms with E-state index in [2.05, 4.69) is 20.8 Å². The zero-order valence-corrected chi connectivity index (χ0v) is 24.8. The molecule has 0 saturated heterocycles. The average molecular weight is 559 g/mol. The van der Waals surface area contributed by atoms with Gasteiger partial charge in [0.2, 0.25) is 0 Å². The SMILES string of the molecule is C[C@H](CCC(=O)OCc1ccccc1)C1CCC2C3CCC4C[C@H](OC(=O)OCCl)CC[C@]4(C)C3CC[C@@]21C. The van der Waals surface area contributed by atoms with Crippen molar-refractivity contribution >= 4 is 23.7 Å². The van der Waals surface area contributed by atoms with Gasteiger partial charge in [-0.05, 0) is 116 Å². The van der Waals surface area contributed by atoms with Gasteiger partial charge in [-0.3, -0.25) is 4.79 Å². The van der Waals surface area contributed by atoms with Crippen molar-refractivity contribution in [3.05, 3.63) is 35.9 Å². The van der Waals surface area contributed by atoms with E-state index in [-0.39, 0.29) is 18.1 Å². The molecule has 0 spiro atoms. The van der Waals surface area contributed by atoms with E-state index in [1.807, 2.05) is 30.3 Å². The number of rotatable bonds is 8. The second-order valence-corrected chi connectivity index (χ2v) is 13.8. The van der Waals surface area contributed by atoms with Gasteiger partial charge in [0.1, 0.15) is 12.7 Å². The summed E-state index contributed by atoms with van der Waals surface area (Å²) in [6.07, 6.45) is 11.6. The van der Waals surface area contributed by atoms with Crippen molar-refractivity contribution in [3.63, 3.8) is 0 Å². The van der Waals surface area contributed by atoms with Gasteiger partial charge in [-0.1, -0.05) is 62.7 Å². The maximum Gasteiger partial charge on any atom is 0.509 e. The summed E-state index contributed by atoms with van der Waals surface area (Å²) in [5, 5.41) is 0. The van der Waals surface area contributed by atoms with Crippen molar-refractivity contribution in [2.45, 2.75) is 104 Å². The zero-order valence-electron chi connectivity index (χ0n) is 24.0. The van der Waals surface area contributed by atoms with E-state index in [1.165, 1.54) is 38.5 Å². The predicted molar refractivity (Wildman–Crippen MR) is 152 cm³/mol. The Morgan fingerprint density at radius 3 is 2.46 bits per heavy atom. The molecule has 39 heavy (non-hydrogen) atoms. The summed E-state index contributed by atoms with van der Waals surface area (Å²) < 4.78 is 16.0. The number of benzene rings is 1. The summed E-state index contributed by atoms with van der Waals surface area (Å²) in [7, 11) is 0. The smallest absolute Gasteiger partial charge is 0.461 e. The molecule has 4 saturated carbocycles. The number of hydrogen-bond donors (Lipinski definition) is 0. The Morgan fingerprint density at radius 2 is 1.69 bits per heavy atom. The summed E-state index contributed by atoms with van der Waals surface area (Å²) in [6.45, 7) is 7.87. The highest BCUT2D eigenvalue weighted by molar-refractivity contribution is 6.17. The highest BCUT2D eigenvalue weighted by Crippen LogP contribution is 2.68. The fourth-order valence-electron chi connectivity index (χ4n) is 9.87. The van der Waals surface area contributed by atoms with Crippen molar-refractivity contribution in [2.75, 3.05) is 6.07 Å². The number of carbonyl (C=O) groups excluding carboxylic acids is 2. The Labute approximate surface area is 239 Å². The summed E-state index contributed by atoms with van der Waals surface area (Å²) in [6, 6.07) is 9.77. The number of alkyl halides is 1. The van der Waals surface area contributed by atoms with Crippen LogP contribution < -0.4 is 0 Å². The summed E-state index contributed by atoms with van der Waals surface area (Å²) >= 11 is 5.53. The van der Waals surface area contributed by atoms with Crippen LogP contribution in [0.1, 0.15) is 97.0 Å². The summed E-state index contributed by atoms with van der Waals surface area (Å²) in [4.78, 5) is 24.4. The third-order valence-electron chi connectivity index (χ3n) is 11.9. The number of ether oxygens (including phenoxy) is 3. The van der Waals surface area contributed by atoms with Gasteiger partial charge in [-0.2, -0.15) is 0 Å². The minimum Gasteiger partial charge on any atom is -0.461 e. The molecular weight excluding hydrogens is 512 g/mol. The minimum atomic E-state index is -0.628. The summed E-state index contributed by atoms with van der Waals surface area (Å²) in [5.41, 5.74) is 1.76. The molecule has 4 aliphatic carbocycles. The number of hydrogen-bond acceptors (Lipinski definition) is 5. The second-order valence-electron chi connectivity index (χ2n) is 13.6. The molecule has 9 atom stereocenters. The first-order chi connectivity index (χ1) is 18.7. The molecule has 0 amide bonds. The van der Waals surface area contributed by atoms with Crippen molar-refractivity contribution in [3.8, 4) is 0 Å². The van der Waals surface area contributed by atoms with Crippen molar-refractivity contribution < 1.29 is 23.8 Å². The Hall–Kier alpha value is -1.75. The van der Waals surface area contributed by atoms with Crippen molar-refractivity contribution in [1.82, 2.24) is 0 Å². The van der Waals surface area contributed by atoms with Crippen LogP contribution in [0.2, 0.25) is 0 Å². The van der Waals surface area contributed by atoms with Gasteiger partial charge in [0.25, 0.3) is 0 Å². The Bertz CT molecular complexity index is 999. The molecule has 0 heterocycles. The lowest BCUT2D eigenvalue weighted by molar-refractivity contribution is -0.145. The average Bonchev–Trinajstić information content (AvgIpc) is 3.29. The largest absolute Gasteiger partial charge is 0.509 e. The van der Waals surface area contributed by atoms with E-state index in [4.69, 9.17) is 25.8 Å². The molecule has 0 aromatic heterocycles. The predicted octanol–water partition coefficient (Wildman–Crippen LogP) is 8.52. The van der Waals surface area contributed by atoms with Crippen molar-refractivity contribution in [1.29, 1.82) is 0 Å². The molecule has 1 aromatic rings. The van der Waals surface area contributed by atoms with Crippen LogP contribution in [-0.4, -0.2) is 24.3 Å². The van der Waals surface area contributed by atoms with E-state index in [1.54, 1.807) is 0 Å². The standard InChI is InChI=1S/C33H47ClO5/c1-22(9-14-30(35)37-20-23-7-5-4-6-8-23)27-12-13-28-26-11-10-24-19-25(39-31(36)38-21-34)15-17-32(24,2)29(26)16-18-33(27,28)3/h4-8,22,24-29H,9-21H2,1-3H3/t22-,24?,25-,26?,27?,28?,29?,32+,33-/m1/s1. The van der Waals surface area contributed by atoms with E-state index >= 15 is 0 Å². The van der Waals surface area contributed by atoms with Crippen LogP contribution >= 0.6 is 11.6 Å². The van der Waals surface area contributed by atoms with E-state index in [0.717, 1.165) is 49.0 Å². The van der Waals surface area contributed by atoms with Gasteiger partial charge in [0.05, 0.1) is 0 Å². The topological polar surface area (TPSA) is 61.8 Å². The normalized spacial score (nSPS) is 38.1. The van der Waals surface area contributed by atoms with Gasteiger partial charge < -0.3 is 14.2 Å². The molecule has 0 aliphatic heterocycles. The Morgan fingerprint density at radius 1 is 0.949 bits per heavy atom. The van der Waals surface area contributed by atoms with Crippen LogP contribution in [-0.2, 0) is 25.6 Å². The van der Waals surface area contributed by atoms with E-state index in [0.29, 0.717) is 41.6 Å². The molecule has 4 fully saturated rings. The highest BCUT2D eigenvalue weighted by atomic mass is 35.5. The van der Waals surface area contributed by atoms with Crippen LogP contribution in [0.25, 0.3) is 0 Å². The third kappa shape index (κ3) is 5.85. The maximum absolute atomic E-state index is 12.5. The molecule has 216 valence electrons. The molecule has 5 rings (SSSR count). The van der Waals surface area contributed by atoms with Crippen LogP contribution in [0.4, 0.5) is 4.79 Å². The summed E-state index contributed by atoms with van der Waals surface area (Å²) in [5.74, 6) is 4.13. The first-order valence-electron chi connectivity index (χ1n) is 15.3. The fourth-order valence-corrected chi connectivity index (χ4v) is 9.96. The third-order valence-corrected chi connectivity index (χ3v) is 12.0. The quantitative estimate of drug-likeness (QED) is 0.236. The molecule has 0 N–H and O–H groups in total. The van der Waals surface area contributed by atoms with Gasteiger partial charge >= 0.3 is 12.1 Å². The first-order valence-corrected chi connectivity index (χ1v) is 15.9. The molecule has 5 unspecified atom stereocenters. The van der Waals surface area contributed by atoms with Crippen LogP contribution in [0.15, 0.2) is 30.3 Å². The number of esters is 1. The molecule has 1 aromatic carbocycles. The first kappa shape index (κ1) is 28.8. The molecule has 0 bridgehead atoms. The van der Waals surface area contributed by atoms with Gasteiger partial charge in [-0.15, -0.1) is 0 Å². The second kappa shape index (κ2) is 12.0. The fraction of sp³-hybridized carbons (Fsp3) is 0.758. The lowest BCUT2D eigenvalue weighted by atomic mass is 9.44. The lowest BCUT2D eigenvalue weighted by Gasteiger charge is -2.61.